The number of allylic oxidation sites excluding steroid dienone is 4. The van der Waals surface area contributed by atoms with E-state index in [0.717, 1.165) is 51.4 Å². The van der Waals surface area contributed by atoms with Crippen LogP contribution in [0, 0.1) is 34.5 Å². The summed E-state index contributed by atoms with van der Waals surface area (Å²) >= 11 is 0. The maximum atomic E-state index is 9.72. The standard InChI is InChI=1S/C20H30N2/c1-5-9-15-16(10-6-2)18(12-8-4)20(14-22)19(13-21)17(15)11-7-3/h19-20H,5-12H2,1-4H3/t19-,20-/m1/s1. The molecule has 0 heterocycles. The lowest BCUT2D eigenvalue weighted by Gasteiger charge is -2.33. The fourth-order valence-corrected chi connectivity index (χ4v) is 3.74. The molecule has 1 aliphatic rings. The monoisotopic (exact) mass is 298 g/mol. The topological polar surface area (TPSA) is 47.6 Å². The van der Waals surface area contributed by atoms with Crippen molar-refractivity contribution in [2.75, 3.05) is 0 Å². The van der Waals surface area contributed by atoms with Gasteiger partial charge in [-0.05, 0) is 48.0 Å². The van der Waals surface area contributed by atoms with E-state index in [1.54, 1.807) is 0 Å². The van der Waals surface area contributed by atoms with E-state index < -0.39 is 0 Å². The maximum absolute atomic E-state index is 9.72. The van der Waals surface area contributed by atoms with Gasteiger partial charge in [-0.25, -0.2) is 0 Å². The fourth-order valence-electron chi connectivity index (χ4n) is 3.74. The van der Waals surface area contributed by atoms with Gasteiger partial charge in [0.2, 0.25) is 0 Å². The maximum Gasteiger partial charge on any atom is 0.0874 e. The summed E-state index contributed by atoms with van der Waals surface area (Å²) in [5.41, 5.74) is 5.38. The fraction of sp³-hybridized carbons (Fsp3) is 0.700. The molecule has 0 saturated carbocycles. The smallest absolute Gasteiger partial charge is 0.0874 e. The molecule has 1 rings (SSSR count). The van der Waals surface area contributed by atoms with Gasteiger partial charge in [-0.3, -0.25) is 0 Å². The summed E-state index contributed by atoms with van der Waals surface area (Å²) in [6, 6.07) is 4.93. The number of nitriles is 2. The van der Waals surface area contributed by atoms with Crippen molar-refractivity contribution in [3.8, 4) is 12.1 Å². The second-order valence-electron chi connectivity index (χ2n) is 6.22. The van der Waals surface area contributed by atoms with Gasteiger partial charge in [-0.15, -0.1) is 0 Å². The highest BCUT2D eigenvalue weighted by Gasteiger charge is 2.35. The predicted octanol–water partition coefficient (Wildman–Crippen LogP) is 6.07. The SMILES string of the molecule is CCCC1=C(CCC)[C@@H](C#N)[C@H](C#N)C(CCC)=C1CCC. The molecular formula is C20H30N2. The zero-order valence-electron chi connectivity index (χ0n) is 14.7. The molecule has 0 radical (unpaired) electrons. The minimum atomic E-state index is -0.228. The molecule has 2 atom stereocenters. The van der Waals surface area contributed by atoms with Crippen molar-refractivity contribution in [3.63, 3.8) is 0 Å². The van der Waals surface area contributed by atoms with Crippen LogP contribution in [0.2, 0.25) is 0 Å². The summed E-state index contributed by atoms with van der Waals surface area (Å²) in [6.07, 6.45) is 8.30. The Labute approximate surface area is 136 Å². The third-order valence-electron chi connectivity index (χ3n) is 4.54. The van der Waals surface area contributed by atoms with Crippen molar-refractivity contribution >= 4 is 0 Å². The van der Waals surface area contributed by atoms with Crippen molar-refractivity contribution < 1.29 is 0 Å². The molecule has 0 N–H and O–H groups in total. The molecule has 0 aliphatic heterocycles. The molecule has 0 spiro atoms. The molecule has 22 heavy (non-hydrogen) atoms. The molecule has 0 aromatic heterocycles. The van der Waals surface area contributed by atoms with Crippen LogP contribution in [-0.4, -0.2) is 0 Å². The Kier molecular flexibility index (Phi) is 7.97. The largest absolute Gasteiger partial charge is 0.198 e. The van der Waals surface area contributed by atoms with Crippen LogP contribution in [-0.2, 0) is 0 Å². The highest BCUT2D eigenvalue weighted by molar-refractivity contribution is 5.49. The van der Waals surface area contributed by atoms with Crippen molar-refractivity contribution in [2.24, 2.45) is 11.8 Å². The van der Waals surface area contributed by atoms with Gasteiger partial charge in [0.05, 0.1) is 24.0 Å². The van der Waals surface area contributed by atoms with Gasteiger partial charge in [0.1, 0.15) is 0 Å². The molecule has 2 nitrogen and oxygen atoms in total. The van der Waals surface area contributed by atoms with Crippen LogP contribution in [0.1, 0.15) is 79.1 Å². The molecule has 1 aliphatic carbocycles. The van der Waals surface area contributed by atoms with Gasteiger partial charge < -0.3 is 0 Å². The van der Waals surface area contributed by atoms with E-state index in [4.69, 9.17) is 0 Å². The Balaban J connectivity index is 3.54. The highest BCUT2D eigenvalue weighted by atomic mass is 14.4. The zero-order valence-corrected chi connectivity index (χ0v) is 14.7. The third kappa shape index (κ3) is 3.80. The van der Waals surface area contributed by atoms with Gasteiger partial charge in [0.15, 0.2) is 0 Å². The zero-order chi connectivity index (χ0) is 16.5. The Morgan fingerprint density at radius 3 is 1.18 bits per heavy atom. The summed E-state index contributed by atoms with van der Waals surface area (Å²) in [5.74, 6) is -0.456. The van der Waals surface area contributed by atoms with Crippen molar-refractivity contribution in [3.05, 3.63) is 22.3 Å². The van der Waals surface area contributed by atoms with Crippen LogP contribution in [0.15, 0.2) is 22.3 Å². The van der Waals surface area contributed by atoms with Gasteiger partial charge in [0.25, 0.3) is 0 Å². The molecule has 0 unspecified atom stereocenters. The average Bonchev–Trinajstić information content (AvgIpc) is 2.52. The van der Waals surface area contributed by atoms with Crippen LogP contribution >= 0.6 is 0 Å². The molecule has 2 heteroatoms. The van der Waals surface area contributed by atoms with Gasteiger partial charge in [-0.1, -0.05) is 53.4 Å². The van der Waals surface area contributed by atoms with Crippen LogP contribution in [0.5, 0.6) is 0 Å². The lowest BCUT2D eigenvalue weighted by atomic mass is 9.68. The van der Waals surface area contributed by atoms with E-state index >= 15 is 0 Å². The van der Waals surface area contributed by atoms with Crippen molar-refractivity contribution in [1.29, 1.82) is 10.5 Å². The first-order valence-corrected chi connectivity index (χ1v) is 8.93. The van der Waals surface area contributed by atoms with Crippen LogP contribution < -0.4 is 0 Å². The van der Waals surface area contributed by atoms with Crippen molar-refractivity contribution in [2.45, 2.75) is 79.1 Å². The Hall–Kier alpha value is -1.54. The Morgan fingerprint density at radius 2 is 0.955 bits per heavy atom. The summed E-state index contributed by atoms with van der Waals surface area (Å²) < 4.78 is 0. The quantitative estimate of drug-likeness (QED) is 0.545. The minimum absolute atomic E-state index is 0.228. The van der Waals surface area contributed by atoms with Gasteiger partial charge in [-0.2, -0.15) is 10.5 Å². The molecule has 0 fully saturated rings. The highest BCUT2D eigenvalue weighted by Crippen LogP contribution is 2.45. The first kappa shape index (κ1) is 18.5. The lowest BCUT2D eigenvalue weighted by molar-refractivity contribution is 0.542. The lowest BCUT2D eigenvalue weighted by Crippen LogP contribution is -2.25. The normalized spacial score (nSPS) is 21.7. The van der Waals surface area contributed by atoms with Gasteiger partial charge >= 0.3 is 0 Å². The molecular weight excluding hydrogens is 268 g/mol. The second kappa shape index (κ2) is 9.47. The number of hydrogen-bond acceptors (Lipinski definition) is 2. The van der Waals surface area contributed by atoms with E-state index in [-0.39, 0.29) is 11.8 Å². The summed E-state index contributed by atoms with van der Waals surface area (Å²) in [7, 11) is 0. The predicted molar refractivity (Wildman–Crippen MR) is 91.9 cm³/mol. The molecule has 0 aromatic carbocycles. The number of hydrogen-bond donors (Lipinski definition) is 0. The minimum Gasteiger partial charge on any atom is -0.198 e. The molecule has 120 valence electrons. The van der Waals surface area contributed by atoms with E-state index in [0.29, 0.717) is 0 Å². The Morgan fingerprint density at radius 1 is 0.636 bits per heavy atom. The Bertz CT molecular complexity index is 463. The molecule has 0 bridgehead atoms. The average molecular weight is 298 g/mol. The number of nitrogens with zero attached hydrogens (tertiary/aromatic N) is 2. The summed E-state index contributed by atoms with van der Waals surface area (Å²) in [4.78, 5) is 0. The van der Waals surface area contributed by atoms with E-state index in [2.05, 4.69) is 39.8 Å². The van der Waals surface area contributed by atoms with Crippen LogP contribution in [0.25, 0.3) is 0 Å². The first-order valence-electron chi connectivity index (χ1n) is 8.93. The molecule has 0 aromatic rings. The third-order valence-corrected chi connectivity index (χ3v) is 4.54. The van der Waals surface area contributed by atoms with Crippen molar-refractivity contribution in [1.82, 2.24) is 0 Å². The first-order chi connectivity index (χ1) is 10.7. The van der Waals surface area contributed by atoms with Gasteiger partial charge in [0, 0.05) is 0 Å². The second-order valence-corrected chi connectivity index (χ2v) is 6.22. The summed E-state index contributed by atoms with van der Waals surface area (Å²) in [5, 5.41) is 19.4. The van der Waals surface area contributed by atoms with E-state index in [1.165, 1.54) is 22.3 Å². The molecule has 0 amide bonds. The van der Waals surface area contributed by atoms with E-state index in [1.807, 2.05) is 0 Å². The van der Waals surface area contributed by atoms with E-state index in [9.17, 15) is 10.5 Å². The molecule has 0 saturated heterocycles. The van der Waals surface area contributed by atoms with Crippen LogP contribution in [0.3, 0.4) is 0 Å². The summed E-state index contributed by atoms with van der Waals surface area (Å²) in [6.45, 7) is 8.74. The van der Waals surface area contributed by atoms with Crippen LogP contribution in [0.4, 0.5) is 0 Å². The number of rotatable bonds is 8.